The van der Waals surface area contributed by atoms with Crippen molar-refractivity contribution in [3.8, 4) is 11.3 Å². The average molecular weight is 649 g/mol. The number of benzene rings is 3. The second kappa shape index (κ2) is 12.7. The van der Waals surface area contributed by atoms with Gasteiger partial charge in [0.25, 0.3) is 0 Å². The van der Waals surface area contributed by atoms with E-state index in [1.807, 2.05) is 0 Å². The average Bonchev–Trinajstić information content (AvgIpc) is 3.32. The molecule has 2 heteroatoms. The van der Waals surface area contributed by atoms with Crippen LogP contribution in [0.1, 0.15) is 121 Å². The summed E-state index contributed by atoms with van der Waals surface area (Å²) in [5.41, 5.74) is 14.4. The summed E-state index contributed by atoms with van der Waals surface area (Å²) in [4.78, 5) is 0. The highest BCUT2D eigenvalue weighted by atomic mass is 15.1. The van der Waals surface area contributed by atoms with E-state index in [4.69, 9.17) is 0 Å². The van der Waals surface area contributed by atoms with Crippen LogP contribution in [-0.2, 0) is 29.3 Å². The minimum atomic E-state index is -0.0335. The highest BCUT2D eigenvalue weighted by Crippen LogP contribution is 2.52. The molecule has 0 saturated carbocycles. The Bertz CT molecular complexity index is 2080. The molecule has 2 unspecified atom stereocenters. The summed E-state index contributed by atoms with van der Waals surface area (Å²) in [5.74, 6) is 0. The highest BCUT2D eigenvalue weighted by molar-refractivity contribution is 5.91. The maximum atomic E-state index is 2.75. The molecule has 1 aliphatic heterocycles. The quantitative estimate of drug-likeness (QED) is 0.133. The summed E-state index contributed by atoms with van der Waals surface area (Å²) >= 11 is 0. The molecule has 0 saturated heterocycles. The minimum Gasteiger partial charge on any atom is -0.198 e. The highest BCUT2D eigenvalue weighted by Gasteiger charge is 2.59. The Morgan fingerprint density at radius 2 is 1.37 bits per heavy atom. The third kappa shape index (κ3) is 5.04. The van der Waals surface area contributed by atoms with Crippen molar-refractivity contribution in [1.82, 2.24) is 0 Å². The molecule has 2 aliphatic rings. The number of hydrogen-bond acceptors (Lipinski definition) is 0. The van der Waals surface area contributed by atoms with Gasteiger partial charge in [-0.3, -0.25) is 0 Å². The molecule has 7 rings (SSSR count). The normalized spacial score (nSPS) is 20.7. The maximum Gasteiger partial charge on any atom is 0.216 e. The van der Waals surface area contributed by atoms with Gasteiger partial charge in [0.15, 0.2) is 17.9 Å². The van der Waals surface area contributed by atoms with Crippen molar-refractivity contribution < 1.29 is 9.13 Å². The number of aromatic nitrogens is 2. The molecular formula is C47H56N2+2. The molecular weight excluding hydrogens is 593 g/mol. The smallest absolute Gasteiger partial charge is 0.198 e. The van der Waals surface area contributed by atoms with E-state index in [2.05, 4.69) is 162 Å². The third-order valence-electron chi connectivity index (χ3n) is 13.2. The number of hydrogen-bond donors (Lipinski definition) is 0. The van der Waals surface area contributed by atoms with Crippen LogP contribution < -0.4 is 9.13 Å². The predicted molar refractivity (Wildman–Crippen MR) is 206 cm³/mol. The van der Waals surface area contributed by atoms with E-state index in [1.165, 1.54) is 79.5 Å². The van der Waals surface area contributed by atoms with Gasteiger partial charge in [-0.05, 0) is 85.4 Å². The van der Waals surface area contributed by atoms with E-state index < -0.39 is 0 Å². The van der Waals surface area contributed by atoms with E-state index >= 15 is 0 Å². The molecule has 2 nitrogen and oxygen atoms in total. The molecule has 3 heterocycles. The number of rotatable bonds is 10. The van der Waals surface area contributed by atoms with E-state index in [9.17, 15) is 0 Å². The van der Waals surface area contributed by atoms with Crippen LogP contribution in [0.2, 0.25) is 0 Å². The number of nitrogens with zero attached hydrogens (tertiary/aromatic N) is 2. The fourth-order valence-electron chi connectivity index (χ4n) is 9.83. The van der Waals surface area contributed by atoms with E-state index in [-0.39, 0.29) is 16.4 Å². The molecule has 252 valence electrons. The lowest BCUT2D eigenvalue weighted by atomic mass is 9.58. The van der Waals surface area contributed by atoms with Crippen molar-refractivity contribution in [3.05, 3.63) is 136 Å². The van der Waals surface area contributed by atoms with Crippen molar-refractivity contribution in [2.45, 2.75) is 123 Å². The van der Waals surface area contributed by atoms with Crippen LogP contribution in [0.3, 0.4) is 0 Å². The van der Waals surface area contributed by atoms with E-state index in [0.717, 1.165) is 38.6 Å². The standard InChI is InChI=1S/C47H56N2/c1-9-12-20-35-27-30-49-44(33(35)4)39-24-16-18-26-41(39)46(8,10-2)47(49,11-3)28-19-29-48-32-37-22-14-13-21-36(37)31-42(48)43-34(5)45(6,7)40-25-17-15-23-38(40)43/h13-18,21-27,30-32H,9-12,19-20,28-29H2,1-8H3/q+2. The number of fused-ring (bicyclic) bond motifs is 5. The number of unbranched alkanes of at least 4 members (excludes halogenated alkanes) is 1. The van der Waals surface area contributed by atoms with Gasteiger partial charge in [0.05, 0.1) is 16.6 Å². The summed E-state index contributed by atoms with van der Waals surface area (Å²) in [6, 6.07) is 32.2. The molecule has 1 aliphatic carbocycles. The van der Waals surface area contributed by atoms with Crippen LogP contribution in [0.4, 0.5) is 0 Å². The van der Waals surface area contributed by atoms with Gasteiger partial charge < -0.3 is 0 Å². The van der Waals surface area contributed by atoms with Gasteiger partial charge in [-0.2, -0.15) is 9.13 Å². The lowest BCUT2D eigenvalue weighted by Crippen LogP contribution is -2.69. The first-order valence-corrected chi connectivity index (χ1v) is 19.0. The fourth-order valence-corrected chi connectivity index (χ4v) is 9.83. The van der Waals surface area contributed by atoms with Gasteiger partial charge in [-0.15, -0.1) is 0 Å². The van der Waals surface area contributed by atoms with Crippen molar-refractivity contribution in [3.63, 3.8) is 0 Å². The molecule has 49 heavy (non-hydrogen) atoms. The number of aryl methyl sites for hydroxylation is 2. The SMILES string of the molecule is CCCCc1cc[n+]2c(c1C)-c1ccccc1C(C)(CC)C2(CC)CCC[n+]1cc2ccccc2cc1C1=C(C)C(C)(C)c2ccccc21. The summed E-state index contributed by atoms with van der Waals surface area (Å²) in [6.07, 6.45) is 12.9. The largest absolute Gasteiger partial charge is 0.216 e. The Hall–Kier alpha value is -4.04. The zero-order valence-corrected chi connectivity index (χ0v) is 31.3. The second-order valence-corrected chi connectivity index (χ2v) is 15.7. The van der Waals surface area contributed by atoms with Crippen LogP contribution in [0, 0.1) is 6.92 Å². The van der Waals surface area contributed by atoms with Gasteiger partial charge in [-0.25, -0.2) is 0 Å². The molecule has 2 aromatic heterocycles. The van der Waals surface area contributed by atoms with Gasteiger partial charge in [0.2, 0.25) is 11.4 Å². The summed E-state index contributed by atoms with van der Waals surface area (Å²) < 4.78 is 5.34. The first-order chi connectivity index (χ1) is 23.6. The van der Waals surface area contributed by atoms with Gasteiger partial charge in [-0.1, -0.05) is 102 Å². The number of allylic oxidation sites excluding steroid dienone is 1. The molecule has 0 radical (unpaired) electrons. The molecule has 0 N–H and O–H groups in total. The molecule has 0 spiro atoms. The molecule has 5 aromatic rings. The third-order valence-corrected chi connectivity index (χ3v) is 13.2. The first kappa shape index (κ1) is 33.5. The first-order valence-electron chi connectivity index (χ1n) is 19.0. The van der Waals surface area contributed by atoms with Crippen LogP contribution in [0.15, 0.2) is 103 Å². The molecule has 2 atom stereocenters. The lowest BCUT2D eigenvalue weighted by molar-refractivity contribution is -0.772. The van der Waals surface area contributed by atoms with Crippen LogP contribution in [0.25, 0.3) is 27.6 Å². The molecule has 0 bridgehead atoms. The van der Waals surface area contributed by atoms with E-state index in [1.54, 1.807) is 0 Å². The molecule has 0 amide bonds. The Balaban J connectivity index is 1.34. The topological polar surface area (TPSA) is 7.76 Å². The van der Waals surface area contributed by atoms with Gasteiger partial charge in [0, 0.05) is 47.8 Å². The Labute approximate surface area is 295 Å². The number of pyridine rings is 2. The van der Waals surface area contributed by atoms with Gasteiger partial charge in [0.1, 0.15) is 6.54 Å². The molecule has 0 fully saturated rings. The Morgan fingerprint density at radius 1 is 0.694 bits per heavy atom. The Kier molecular flexibility index (Phi) is 8.66. The summed E-state index contributed by atoms with van der Waals surface area (Å²) in [7, 11) is 0. The molecule has 3 aromatic carbocycles. The van der Waals surface area contributed by atoms with Crippen LogP contribution in [0.5, 0.6) is 0 Å². The zero-order chi connectivity index (χ0) is 34.6. The van der Waals surface area contributed by atoms with Crippen molar-refractivity contribution in [1.29, 1.82) is 0 Å². The second-order valence-electron chi connectivity index (χ2n) is 15.7. The fraction of sp³-hybridized carbons (Fsp3) is 0.404. The van der Waals surface area contributed by atoms with Crippen molar-refractivity contribution >= 4 is 16.3 Å². The zero-order valence-electron chi connectivity index (χ0n) is 31.3. The summed E-state index contributed by atoms with van der Waals surface area (Å²) in [5, 5.41) is 2.61. The lowest BCUT2D eigenvalue weighted by Gasteiger charge is -2.48. The van der Waals surface area contributed by atoms with Crippen molar-refractivity contribution in [2.75, 3.05) is 0 Å². The summed E-state index contributed by atoms with van der Waals surface area (Å²) in [6.45, 7) is 20.2. The van der Waals surface area contributed by atoms with Gasteiger partial charge >= 0.3 is 0 Å². The maximum absolute atomic E-state index is 2.75. The Morgan fingerprint density at radius 3 is 2.08 bits per heavy atom. The monoisotopic (exact) mass is 648 g/mol. The predicted octanol–water partition coefficient (Wildman–Crippen LogP) is 11.1. The van der Waals surface area contributed by atoms with Crippen molar-refractivity contribution in [2.24, 2.45) is 0 Å². The van der Waals surface area contributed by atoms with Crippen LogP contribution >= 0.6 is 0 Å². The van der Waals surface area contributed by atoms with E-state index in [0.29, 0.717) is 0 Å². The minimum absolute atomic E-state index is 0.00823. The van der Waals surface area contributed by atoms with Crippen LogP contribution in [-0.4, -0.2) is 0 Å².